The first kappa shape index (κ1) is 17.9. The maximum atomic E-state index is 13.0. The Bertz CT molecular complexity index is 1060. The second-order valence-corrected chi connectivity index (χ2v) is 7.33. The van der Waals surface area contributed by atoms with Crippen LogP contribution in [0.25, 0.3) is 10.9 Å². The van der Waals surface area contributed by atoms with Gasteiger partial charge < -0.3 is 4.98 Å². The molecule has 0 bridgehead atoms. The molecule has 130 valence electrons. The number of hydrogen-bond acceptors (Lipinski definition) is 5. The Morgan fingerprint density at radius 1 is 1.25 bits per heavy atom. The lowest BCUT2D eigenvalue weighted by atomic mass is 10.0. The van der Waals surface area contributed by atoms with Gasteiger partial charge in [0, 0.05) is 11.8 Å². The minimum atomic E-state index is -4.87. The summed E-state index contributed by atoms with van der Waals surface area (Å²) in [5.41, 5.74) is -4.74. The summed E-state index contributed by atoms with van der Waals surface area (Å²) in [4.78, 5) is 37.6. The number of sulfone groups is 1. The van der Waals surface area contributed by atoms with Gasteiger partial charge in [0.25, 0.3) is 5.56 Å². The van der Waals surface area contributed by atoms with Crippen molar-refractivity contribution >= 4 is 26.5 Å². The van der Waals surface area contributed by atoms with Crippen LogP contribution in [0, 0.1) is 0 Å². The number of benzene rings is 1. The minimum Gasteiger partial charge on any atom is -0.307 e. The minimum absolute atomic E-state index is 0.342. The first-order valence-electron chi connectivity index (χ1n) is 6.38. The smallest absolute Gasteiger partial charge is 0.307 e. The van der Waals surface area contributed by atoms with Crippen LogP contribution >= 0.6 is 0 Å². The molecule has 2 aromatic rings. The summed E-state index contributed by atoms with van der Waals surface area (Å²) in [5, 5.41) is -0.392. The molecule has 11 heteroatoms. The summed E-state index contributed by atoms with van der Waals surface area (Å²) in [5.74, 6) is -1.86. The molecular weight excluding hydrogens is 353 g/mol. The fraction of sp³-hybridized carbons (Fsp3) is 0.308. The van der Waals surface area contributed by atoms with Gasteiger partial charge in [-0.2, -0.15) is 13.2 Å². The maximum Gasteiger partial charge on any atom is 0.417 e. The van der Waals surface area contributed by atoms with Crippen molar-refractivity contribution in [1.29, 1.82) is 0 Å². The van der Waals surface area contributed by atoms with E-state index in [2.05, 4.69) is 0 Å². The van der Waals surface area contributed by atoms with Crippen molar-refractivity contribution < 1.29 is 26.4 Å². The predicted octanol–water partition coefficient (Wildman–Crippen LogP) is 0.913. The molecule has 0 fully saturated rings. The van der Waals surface area contributed by atoms with Gasteiger partial charge in [-0.1, -0.05) is 0 Å². The van der Waals surface area contributed by atoms with Gasteiger partial charge in [0.05, 0.1) is 16.5 Å². The molecule has 0 aliphatic heterocycles. The second kappa shape index (κ2) is 5.58. The molecule has 1 N–H and O–H groups in total. The first-order chi connectivity index (χ1) is 10.8. The van der Waals surface area contributed by atoms with E-state index < -0.39 is 61.0 Å². The van der Waals surface area contributed by atoms with Gasteiger partial charge in [-0.05, 0) is 19.1 Å². The number of aromatic amines is 1. The van der Waals surface area contributed by atoms with Gasteiger partial charge in [-0.25, -0.2) is 17.8 Å². The second-order valence-electron chi connectivity index (χ2n) is 5.22. The zero-order valence-corrected chi connectivity index (χ0v) is 13.2. The van der Waals surface area contributed by atoms with Crippen molar-refractivity contribution in [3.05, 3.63) is 44.1 Å². The molecule has 0 atom stereocenters. The Balaban J connectivity index is 2.93. The van der Waals surface area contributed by atoms with Crippen molar-refractivity contribution in [3.8, 4) is 0 Å². The first-order valence-corrected chi connectivity index (χ1v) is 8.44. The number of hydrogen-bond donors (Lipinski definition) is 1. The lowest BCUT2D eigenvalue weighted by molar-refractivity contribution is -0.137. The van der Waals surface area contributed by atoms with Crippen LogP contribution in [0.4, 0.5) is 13.2 Å². The molecule has 0 saturated carbocycles. The Labute approximate surface area is 132 Å². The Morgan fingerprint density at radius 2 is 1.83 bits per heavy atom. The van der Waals surface area contributed by atoms with Crippen LogP contribution in [-0.2, 0) is 21.9 Å². The maximum absolute atomic E-state index is 13.0. The summed E-state index contributed by atoms with van der Waals surface area (Å²) in [7, 11) is -3.75. The summed E-state index contributed by atoms with van der Waals surface area (Å²) in [6.45, 7) is 0.900. The van der Waals surface area contributed by atoms with Crippen molar-refractivity contribution in [2.24, 2.45) is 0 Å². The van der Waals surface area contributed by atoms with Crippen LogP contribution in [-0.4, -0.2) is 30.0 Å². The van der Waals surface area contributed by atoms with Crippen LogP contribution in [0.3, 0.4) is 0 Å². The molecule has 1 aromatic heterocycles. The monoisotopic (exact) mass is 364 g/mol. The predicted molar refractivity (Wildman–Crippen MR) is 78.7 cm³/mol. The van der Waals surface area contributed by atoms with Crippen LogP contribution in [0.5, 0.6) is 0 Å². The van der Waals surface area contributed by atoms with Crippen LogP contribution in [0.1, 0.15) is 22.8 Å². The summed E-state index contributed by atoms with van der Waals surface area (Å²) < 4.78 is 62.0. The highest BCUT2D eigenvalue weighted by Gasteiger charge is 2.35. The Hall–Kier alpha value is -2.43. The molecule has 0 saturated heterocycles. The van der Waals surface area contributed by atoms with Gasteiger partial charge in [0.2, 0.25) is 0 Å². The third kappa shape index (κ3) is 3.40. The molecule has 0 amide bonds. The van der Waals surface area contributed by atoms with Crippen molar-refractivity contribution in [3.63, 3.8) is 0 Å². The third-order valence-corrected chi connectivity index (χ3v) is 3.90. The zero-order chi connectivity index (χ0) is 18.4. The van der Waals surface area contributed by atoms with E-state index in [1.54, 1.807) is 0 Å². The van der Waals surface area contributed by atoms with E-state index in [1.165, 1.54) is 0 Å². The van der Waals surface area contributed by atoms with E-state index in [0.29, 0.717) is 16.7 Å². The number of aromatic nitrogens is 2. The lowest BCUT2D eigenvalue weighted by Gasteiger charge is -2.13. The molecule has 1 heterocycles. The van der Waals surface area contributed by atoms with Gasteiger partial charge in [0.15, 0.2) is 15.6 Å². The fourth-order valence-corrected chi connectivity index (χ4v) is 2.88. The van der Waals surface area contributed by atoms with Gasteiger partial charge in [0.1, 0.15) is 5.88 Å². The van der Waals surface area contributed by atoms with Crippen molar-refractivity contribution in [2.45, 2.75) is 19.0 Å². The average Bonchev–Trinajstić information content (AvgIpc) is 2.40. The van der Waals surface area contributed by atoms with E-state index in [-0.39, 0.29) is 0 Å². The van der Waals surface area contributed by atoms with Gasteiger partial charge in [-0.3, -0.25) is 9.59 Å². The number of carbonyl (C=O) groups excluding carboxylic acids is 1. The molecule has 2 rings (SSSR count). The molecule has 0 aliphatic carbocycles. The number of ketones is 1. The van der Waals surface area contributed by atoms with Crippen molar-refractivity contribution in [1.82, 2.24) is 9.55 Å². The number of nitrogens with zero attached hydrogens (tertiary/aromatic N) is 1. The number of fused-ring (bicyclic) bond motifs is 1. The SMILES string of the molecule is CC(=O)c1cc2c(=O)n(CS(C)(=O)=O)c(=O)[nH]c2cc1C(F)(F)F. The van der Waals surface area contributed by atoms with E-state index in [0.717, 1.165) is 13.2 Å². The standard InChI is InChI=1S/C13H11F3N2O5S/c1-6(19)7-3-8-10(4-9(7)13(14,15)16)17-12(21)18(11(8)20)5-24(2,22)23/h3-4H,5H2,1-2H3,(H,17,21). The fourth-order valence-electron chi connectivity index (χ4n) is 2.18. The third-order valence-electron chi connectivity index (χ3n) is 3.17. The molecule has 0 radical (unpaired) electrons. The molecule has 7 nitrogen and oxygen atoms in total. The number of carbonyl (C=O) groups is 1. The van der Waals surface area contributed by atoms with E-state index in [4.69, 9.17) is 0 Å². The highest BCUT2D eigenvalue weighted by Crippen LogP contribution is 2.33. The molecule has 0 aliphatic rings. The van der Waals surface area contributed by atoms with E-state index >= 15 is 0 Å². The molecule has 1 aromatic carbocycles. The molecule has 0 unspecified atom stereocenters. The normalized spacial score (nSPS) is 12.5. The van der Waals surface area contributed by atoms with Crippen LogP contribution in [0.2, 0.25) is 0 Å². The lowest BCUT2D eigenvalue weighted by Crippen LogP contribution is -2.37. The zero-order valence-electron chi connectivity index (χ0n) is 12.4. The topological polar surface area (TPSA) is 106 Å². The molecule has 24 heavy (non-hydrogen) atoms. The molecule has 0 spiro atoms. The highest BCUT2D eigenvalue weighted by molar-refractivity contribution is 7.89. The Morgan fingerprint density at radius 3 is 2.29 bits per heavy atom. The van der Waals surface area contributed by atoms with Crippen molar-refractivity contribution in [2.75, 3.05) is 6.26 Å². The average molecular weight is 364 g/mol. The number of nitrogens with one attached hydrogen (secondary N) is 1. The number of rotatable bonds is 3. The quantitative estimate of drug-likeness (QED) is 0.815. The highest BCUT2D eigenvalue weighted by atomic mass is 32.2. The summed E-state index contributed by atoms with van der Waals surface area (Å²) in [6, 6.07) is 1.19. The number of halogens is 3. The van der Waals surface area contributed by atoms with E-state index in [9.17, 15) is 36.0 Å². The largest absolute Gasteiger partial charge is 0.417 e. The van der Waals surface area contributed by atoms with Crippen LogP contribution in [0.15, 0.2) is 21.7 Å². The Kier molecular flexibility index (Phi) is 4.17. The van der Waals surface area contributed by atoms with Gasteiger partial charge >= 0.3 is 11.9 Å². The van der Waals surface area contributed by atoms with Gasteiger partial charge in [-0.15, -0.1) is 0 Å². The number of Topliss-reactive ketones (excluding diaryl/α,β-unsaturated/α-hetero) is 1. The van der Waals surface area contributed by atoms with Crippen LogP contribution < -0.4 is 11.2 Å². The summed E-state index contributed by atoms with van der Waals surface area (Å²) in [6.07, 6.45) is -4.08. The molecular formula is C13H11F3N2O5S. The number of alkyl halides is 3. The number of H-pyrrole nitrogens is 1. The summed E-state index contributed by atoms with van der Waals surface area (Å²) >= 11 is 0. The van der Waals surface area contributed by atoms with E-state index in [1.807, 2.05) is 4.98 Å².